The van der Waals surface area contributed by atoms with E-state index in [0.717, 1.165) is 24.4 Å². The van der Waals surface area contributed by atoms with Crippen molar-refractivity contribution in [1.82, 2.24) is 15.2 Å². The van der Waals surface area contributed by atoms with Gasteiger partial charge in [0.15, 0.2) is 0 Å². The Hall–Kier alpha value is -1.82. The number of piperazine rings is 1. The van der Waals surface area contributed by atoms with E-state index in [4.69, 9.17) is 4.74 Å². The van der Waals surface area contributed by atoms with Gasteiger partial charge in [0.25, 0.3) is 0 Å². The van der Waals surface area contributed by atoms with Crippen LogP contribution >= 0.6 is 24.8 Å². The van der Waals surface area contributed by atoms with Crippen molar-refractivity contribution < 1.29 is 9.53 Å². The second kappa shape index (κ2) is 10.9. The fourth-order valence-electron chi connectivity index (χ4n) is 2.74. The lowest BCUT2D eigenvalue weighted by molar-refractivity contribution is -0.134. The van der Waals surface area contributed by atoms with Crippen molar-refractivity contribution in [3.8, 4) is 5.75 Å². The summed E-state index contributed by atoms with van der Waals surface area (Å²) in [5, 5.41) is 3.33. The smallest absolute Gasteiger partial charge is 0.227 e. The van der Waals surface area contributed by atoms with Crippen LogP contribution in [0.3, 0.4) is 0 Å². The Bertz CT molecular complexity index is 629. The van der Waals surface area contributed by atoms with Crippen LogP contribution in [0.4, 0.5) is 0 Å². The summed E-state index contributed by atoms with van der Waals surface area (Å²) in [4.78, 5) is 18.6. The minimum atomic E-state index is 0. The van der Waals surface area contributed by atoms with E-state index >= 15 is 0 Å². The number of nitrogens with one attached hydrogen (secondary N) is 1. The van der Waals surface area contributed by atoms with E-state index in [9.17, 15) is 4.79 Å². The SMILES string of the molecule is Cl.Cl.O=C(Cc1ccccc1)N1CCNCC1COc1cccnc1. The molecule has 1 aliphatic rings. The van der Waals surface area contributed by atoms with Gasteiger partial charge in [0.05, 0.1) is 18.7 Å². The number of nitrogens with zero attached hydrogens (tertiary/aromatic N) is 2. The molecule has 2 aromatic rings. The van der Waals surface area contributed by atoms with E-state index in [1.807, 2.05) is 47.4 Å². The van der Waals surface area contributed by atoms with Crippen LogP contribution in [-0.4, -0.2) is 48.1 Å². The average molecular weight is 384 g/mol. The first-order valence-corrected chi connectivity index (χ1v) is 7.90. The number of aromatic nitrogens is 1. The maximum Gasteiger partial charge on any atom is 0.227 e. The molecule has 2 heterocycles. The Balaban J connectivity index is 0.00000156. The Morgan fingerprint density at radius 3 is 2.72 bits per heavy atom. The van der Waals surface area contributed by atoms with Gasteiger partial charge in [-0.15, -0.1) is 24.8 Å². The summed E-state index contributed by atoms with van der Waals surface area (Å²) in [6.07, 6.45) is 3.83. The molecule has 1 unspecified atom stereocenters. The fourth-order valence-corrected chi connectivity index (χ4v) is 2.74. The van der Waals surface area contributed by atoms with Crippen LogP contribution in [-0.2, 0) is 11.2 Å². The highest BCUT2D eigenvalue weighted by Crippen LogP contribution is 2.12. The van der Waals surface area contributed by atoms with Crippen molar-refractivity contribution in [3.05, 3.63) is 60.4 Å². The molecule has 0 aliphatic carbocycles. The number of benzene rings is 1. The number of amides is 1. The van der Waals surface area contributed by atoms with E-state index in [-0.39, 0.29) is 36.8 Å². The van der Waals surface area contributed by atoms with Crippen molar-refractivity contribution in [2.75, 3.05) is 26.2 Å². The molecule has 1 N–H and O–H groups in total. The standard InChI is InChI=1S/C18H21N3O2.2ClH/c22-18(11-15-5-2-1-3-6-15)21-10-9-20-12-16(21)14-23-17-7-4-8-19-13-17;;/h1-8,13,16,20H,9-12,14H2;2*1H. The van der Waals surface area contributed by atoms with E-state index in [2.05, 4.69) is 10.3 Å². The third-order valence-corrected chi connectivity index (χ3v) is 3.95. The molecule has 5 nitrogen and oxygen atoms in total. The second-order valence-corrected chi connectivity index (χ2v) is 5.61. The van der Waals surface area contributed by atoms with Gasteiger partial charge in [-0.1, -0.05) is 30.3 Å². The van der Waals surface area contributed by atoms with Gasteiger partial charge < -0.3 is 15.0 Å². The van der Waals surface area contributed by atoms with Crippen molar-refractivity contribution >= 4 is 30.7 Å². The van der Waals surface area contributed by atoms with Crippen molar-refractivity contribution in [2.24, 2.45) is 0 Å². The van der Waals surface area contributed by atoms with Gasteiger partial charge in [-0.05, 0) is 17.7 Å². The lowest BCUT2D eigenvalue weighted by Crippen LogP contribution is -2.56. The first-order chi connectivity index (χ1) is 11.3. The average Bonchev–Trinajstić information content (AvgIpc) is 2.62. The third-order valence-electron chi connectivity index (χ3n) is 3.95. The van der Waals surface area contributed by atoms with Crippen LogP contribution in [0.15, 0.2) is 54.9 Å². The van der Waals surface area contributed by atoms with Crippen molar-refractivity contribution in [1.29, 1.82) is 0 Å². The predicted molar refractivity (Wildman–Crippen MR) is 103 cm³/mol. The van der Waals surface area contributed by atoms with Crippen LogP contribution < -0.4 is 10.1 Å². The van der Waals surface area contributed by atoms with Gasteiger partial charge >= 0.3 is 0 Å². The first-order valence-electron chi connectivity index (χ1n) is 7.90. The fraction of sp³-hybridized carbons (Fsp3) is 0.333. The summed E-state index contributed by atoms with van der Waals surface area (Å²) in [6.45, 7) is 2.76. The van der Waals surface area contributed by atoms with Gasteiger partial charge in [0.2, 0.25) is 5.91 Å². The van der Waals surface area contributed by atoms with Crippen molar-refractivity contribution in [2.45, 2.75) is 12.5 Å². The summed E-state index contributed by atoms with van der Waals surface area (Å²) in [6, 6.07) is 13.6. The lowest BCUT2D eigenvalue weighted by atomic mass is 10.1. The molecule has 0 bridgehead atoms. The molecule has 25 heavy (non-hydrogen) atoms. The Morgan fingerprint density at radius 1 is 1.20 bits per heavy atom. The largest absolute Gasteiger partial charge is 0.490 e. The molecule has 136 valence electrons. The summed E-state index contributed by atoms with van der Waals surface area (Å²) in [5.41, 5.74) is 1.04. The lowest BCUT2D eigenvalue weighted by Gasteiger charge is -2.36. The highest BCUT2D eigenvalue weighted by atomic mass is 35.5. The molecular formula is C18H23Cl2N3O2. The predicted octanol–water partition coefficient (Wildman–Crippen LogP) is 2.35. The minimum Gasteiger partial charge on any atom is -0.490 e. The monoisotopic (exact) mass is 383 g/mol. The van der Waals surface area contributed by atoms with Gasteiger partial charge in [-0.2, -0.15) is 0 Å². The number of carbonyl (C=O) groups is 1. The highest BCUT2D eigenvalue weighted by Gasteiger charge is 2.27. The molecule has 1 fully saturated rings. The van der Waals surface area contributed by atoms with Gasteiger partial charge in [-0.3, -0.25) is 9.78 Å². The van der Waals surface area contributed by atoms with Gasteiger partial charge in [-0.25, -0.2) is 0 Å². The molecule has 7 heteroatoms. The van der Waals surface area contributed by atoms with E-state index in [1.165, 1.54) is 0 Å². The highest BCUT2D eigenvalue weighted by molar-refractivity contribution is 5.85. The van der Waals surface area contributed by atoms with Crippen LogP contribution in [0.1, 0.15) is 5.56 Å². The normalized spacial score (nSPS) is 16.3. The van der Waals surface area contributed by atoms with E-state index in [1.54, 1.807) is 12.4 Å². The first kappa shape index (κ1) is 21.2. The topological polar surface area (TPSA) is 54.5 Å². The molecule has 1 saturated heterocycles. The molecule has 0 spiro atoms. The molecule has 1 amide bonds. The number of hydrogen-bond acceptors (Lipinski definition) is 4. The maximum absolute atomic E-state index is 12.6. The van der Waals surface area contributed by atoms with Crippen LogP contribution in [0.25, 0.3) is 0 Å². The van der Waals surface area contributed by atoms with Crippen LogP contribution in [0.5, 0.6) is 5.75 Å². The Labute approximate surface area is 160 Å². The van der Waals surface area contributed by atoms with Crippen LogP contribution in [0.2, 0.25) is 0 Å². The molecule has 1 atom stereocenters. The number of rotatable bonds is 5. The Morgan fingerprint density at radius 2 is 2.00 bits per heavy atom. The number of pyridine rings is 1. The van der Waals surface area contributed by atoms with E-state index in [0.29, 0.717) is 19.6 Å². The van der Waals surface area contributed by atoms with Gasteiger partial charge in [0.1, 0.15) is 12.4 Å². The molecule has 1 aliphatic heterocycles. The van der Waals surface area contributed by atoms with Crippen molar-refractivity contribution in [3.63, 3.8) is 0 Å². The zero-order chi connectivity index (χ0) is 15.9. The quantitative estimate of drug-likeness (QED) is 0.860. The molecule has 3 rings (SSSR count). The third kappa shape index (κ3) is 6.20. The minimum absolute atomic E-state index is 0. The maximum atomic E-state index is 12.6. The molecule has 1 aromatic heterocycles. The number of carbonyl (C=O) groups excluding carboxylic acids is 1. The number of hydrogen-bond donors (Lipinski definition) is 1. The molecule has 0 radical (unpaired) electrons. The number of ether oxygens (including phenoxy) is 1. The Kier molecular flexibility index (Phi) is 9.27. The second-order valence-electron chi connectivity index (χ2n) is 5.61. The summed E-state index contributed by atoms with van der Waals surface area (Å²) in [5.74, 6) is 0.881. The van der Waals surface area contributed by atoms with Crippen LogP contribution in [0, 0.1) is 0 Å². The summed E-state index contributed by atoms with van der Waals surface area (Å²) in [7, 11) is 0. The molecular weight excluding hydrogens is 361 g/mol. The molecule has 1 aromatic carbocycles. The molecule has 0 saturated carbocycles. The zero-order valence-electron chi connectivity index (χ0n) is 13.8. The number of halogens is 2. The summed E-state index contributed by atoms with van der Waals surface area (Å²) >= 11 is 0. The van der Waals surface area contributed by atoms with E-state index < -0.39 is 0 Å². The van der Waals surface area contributed by atoms with Gasteiger partial charge in [0, 0.05) is 25.8 Å². The summed E-state index contributed by atoms with van der Waals surface area (Å²) < 4.78 is 5.78. The zero-order valence-corrected chi connectivity index (χ0v) is 15.5.